The molecule has 1 heterocycles. The van der Waals surface area contributed by atoms with Gasteiger partial charge in [-0.1, -0.05) is 18.2 Å². The van der Waals surface area contributed by atoms with Crippen LogP contribution in [0.2, 0.25) is 0 Å². The van der Waals surface area contributed by atoms with Gasteiger partial charge in [0.2, 0.25) is 0 Å². The monoisotopic (exact) mass is 202 g/mol. The minimum absolute atomic E-state index is 0.198. The van der Waals surface area contributed by atoms with Crippen LogP contribution >= 0.6 is 0 Å². The lowest BCUT2D eigenvalue weighted by Crippen LogP contribution is -1.96. The number of benzene rings is 1. The van der Waals surface area contributed by atoms with Gasteiger partial charge in [-0.25, -0.2) is 4.39 Å². The van der Waals surface area contributed by atoms with Crippen molar-refractivity contribution in [2.45, 2.75) is 6.42 Å². The molecule has 0 radical (unpaired) electrons. The van der Waals surface area contributed by atoms with E-state index in [4.69, 9.17) is 5.73 Å². The van der Waals surface area contributed by atoms with Crippen LogP contribution in [0.15, 0.2) is 42.6 Å². The van der Waals surface area contributed by atoms with Crippen LogP contribution in [0.3, 0.4) is 0 Å². The number of hydrogen-bond acceptors (Lipinski definition) is 2. The average molecular weight is 202 g/mol. The lowest BCUT2D eigenvalue weighted by molar-refractivity contribution is 0.613. The third-order valence-corrected chi connectivity index (χ3v) is 2.18. The first kappa shape index (κ1) is 9.65. The van der Waals surface area contributed by atoms with Crippen molar-refractivity contribution in [2.75, 3.05) is 5.73 Å². The summed E-state index contributed by atoms with van der Waals surface area (Å²) < 4.78 is 13.3. The van der Waals surface area contributed by atoms with E-state index < -0.39 is 0 Å². The fraction of sp³-hybridized carbons (Fsp3) is 0.0833. The molecule has 2 rings (SSSR count). The molecule has 0 fully saturated rings. The summed E-state index contributed by atoms with van der Waals surface area (Å²) in [6.45, 7) is 0. The maximum Gasteiger partial charge on any atom is 0.126 e. The summed E-state index contributed by atoms with van der Waals surface area (Å²) in [5, 5.41) is 0. The largest absolute Gasteiger partial charge is 0.397 e. The molecular formula is C12H11FN2. The fourth-order valence-electron chi connectivity index (χ4n) is 1.38. The van der Waals surface area contributed by atoms with E-state index in [2.05, 4.69) is 4.98 Å². The van der Waals surface area contributed by atoms with Gasteiger partial charge in [-0.05, 0) is 23.8 Å². The molecule has 1 aromatic heterocycles. The van der Waals surface area contributed by atoms with Crippen molar-refractivity contribution >= 4 is 5.69 Å². The molecule has 0 unspecified atom stereocenters. The third kappa shape index (κ3) is 2.31. The second-order valence-electron chi connectivity index (χ2n) is 3.35. The maximum absolute atomic E-state index is 13.3. The van der Waals surface area contributed by atoms with E-state index in [0.29, 0.717) is 17.7 Å². The molecule has 2 nitrogen and oxygen atoms in total. The van der Waals surface area contributed by atoms with Crippen molar-refractivity contribution in [2.24, 2.45) is 0 Å². The smallest absolute Gasteiger partial charge is 0.126 e. The number of nitrogen functional groups attached to an aromatic ring is 1. The van der Waals surface area contributed by atoms with E-state index in [1.807, 2.05) is 12.1 Å². The van der Waals surface area contributed by atoms with Gasteiger partial charge < -0.3 is 5.73 Å². The highest BCUT2D eigenvalue weighted by Gasteiger charge is 2.02. The summed E-state index contributed by atoms with van der Waals surface area (Å²) in [6.07, 6.45) is 2.07. The summed E-state index contributed by atoms with van der Waals surface area (Å²) in [6, 6.07) is 10.3. The lowest BCUT2D eigenvalue weighted by Gasteiger charge is -2.02. The van der Waals surface area contributed by atoms with Gasteiger partial charge in [-0.15, -0.1) is 0 Å². The van der Waals surface area contributed by atoms with Crippen LogP contribution in [0.1, 0.15) is 11.3 Å². The molecule has 0 spiro atoms. The topological polar surface area (TPSA) is 38.9 Å². The fourth-order valence-corrected chi connectivity index (χ4v) is 1.38. The van der Waals surface area contributed by atoms with Crippen molar-refractivity contribution < 1.29 is 4.39 Å². The molecule has 0 aliphatic heterocycles. The molecule has 0 aliphatic rings. The SMILES string of the molecule is Nc1ccc(Cc2ccccc2F)nc1. The standard InChI is InChI=1S/C12H11FN2/c13-12-4-2-1-3-9(12)7-11-6-5-10(14)8-15-11/h1-6,8H,7,14H2. The zero-order chi connectivity index (χ0) is 10.7. The Morgan fingerprint density at radius 3 is 2.60 bits per heavy atom. The third-order valence-electron chi connectivity index (χ3n) is 2.18. The van der Waals surface area contributed by atoms with E-state index >= 15 is 0 Å². The second-order valence-corrected chi connectivity index (χ2v) is 3.35. The van der Waals surface area contributed by atoms with E-state index in [-0.39, 0.29) is 5.82 Å². The van der Waals surface area contributed by atoms with Crippen molar-refractivity contribution in [3.63, 3.8) is 0 Å². The van der Waals surface area contributed by atoms with Gasteiger partial charge in [-0.3, -0.25) is 4.98 Å². The van der Waals surface area contributed by atoms with Gasteiger partial charge >= 0.3 is 0 Å². The molecule has 2 aromatic rings. The highest BCUT2D eigenvalue weighted by atomic mass is 19.1. The zero-order valence-corrected chi connectivity index (χ0v) is 8.15. The molecule has 76 valence electrons. The van der Waals surface area contributed by atoms with E-state index in [1.165, 1.54) is 6.07 Å². The number of aromatic nitrogens is 1. The number of halogens is 1. The Hall–Kier alpha value is -1.90. The molecule has 0 aliphatic carbocycles. The van der Waals surface area contributed by atoms with Crippen LogP contribution in [-0.4, -0.2) is 4.98 Å². The van der Waals surface area contributed by atoms with Crippen LogP contribution in [0.25, 0.3) is 0 Å². The van der Waals surface area contributed by atoms with Crippen LogP contribution in [0.4, 0.5) is 10.1 Å². The van der Waals surface area contributed by atoms with Crippen molar-refractivity contribution in [1.82, 2.24) is 4.98 Å². The number of pyridine rings is 1. The Bertz CT molecular complexity index is 451. The Kier molecular flexibility index (Phi) is 2.63. The Labute approximate surface area is 87.6 Å². The molecule has 3 heteroatoms. The van der Waals surface area contributed by atoms with Crippen LogP contribution in [0.5, 0.6) is 0 Å². The Balaban J connectivity index is 2.22. The molecule has 0 saturated carbocycles. The molecule has 0 saturated heterocycles. The summed E-state index contributed by atoms with van der Waals surface area (Å²) >= 11 is 0. The molecule has 0 atom stereocenters. The molecule has 0 amide bonds. The first-order valence-corrected chi connectivity index (χ1v) is 4.69. The Morgan fingerprint density at radius 1 is 1.13 bits per heavy atom. The average Bonchev–Trinajstić information content (AvgIpc) is 2.25. The normalized spacial score (nSPS) is 10.2. The van der Waals surface area contributed by atoms with Gasteiger partial charge in [0.05, 0.1) is 11.9 Å². The summed E-state index contributed by atoms with van der Waals surface area (Å²) in [5.74, 6) is -0.198. The first-order chi connectivity index (χ1) is 7.25. The molecule has 1 aromatic carbocycles. The minimum Gasteiger partial charge on any atom is -0.397 e. The molecular weight excluding hydrogens is 191 g/mol. The van der Waals surface area contributed by atoms with Crippen LogP contribution in [0, 0.1) is 5.82 Å². The number of nitrogens with zero attached hydrogens (tertiary/aromatic N) is 1. The van der Waals surface area contributed by atoms with E-state index in [0.717, 1.165) is 5.69 Å². The number of rotatable bonds is 2. The molecule has 2 N–H and O–H groups in total. The van der Waals surface area contributed by atoms with Gasteiger partial charge in [0, 0.05) is 12.1 Å². The van der Waals surface area contributed by atoms with Gasteiger partial charge in [0.15, 0.2) is 0 Å². The second kappa shape index (κ2) is 4.09. The number of nitrogens with two attached hydrogens (primary N) is 1. The maximum atomic E-state index is 13.3. The van der Waals surface area contributed by atoms with Gasteiger partial charge in [0.25, 0.3) is 0 Å². The quantitative estimate of drug-likeness (QED) is 0.812. The van der Waals surface area contributed by atoms with Crippen molar-refractivity contribution in [3.05, 3.63) is 59.7 Å². The molecule has 0 bridgehead atoms. The van der Waals surface area contributed by atoms with Crippen LogP contribution < -0.4 is 5.73 Å². The van der Waals surface area contributed by atoms with Crippen LogP contribution in [-0.2, 0) is 6.42 Å². The summed E-state index contributed by atoms with van der Waals surface area (Å²) in [7, 11) is 0. The first-order valence-electron chi connectivity index (χ1n) is 4.69. The minimum atomic E-state index is -0.198. The van der Waals surface area contributed by atoms with E-state index in [9.17, 15) is 4.39 Å². The predicted octanol–water partition coefficient (Wildman–Crippen LogP) is 2.39. The zero-order valence-electron chi connectivity index (χ0n) is 8.15. The highest BCUT2D eigenvalue weighted by molar-refractivity contribution is 5.35. The van der Waals surface area contributed by atoms with Crippen molar-refractivity contribution in [3.8, 4) is 0 Å². The number of hydrogen-bond donors (Lipinski definition) is 1. The highest BCUT2D eigenvalue weighted by Crippen LogP contribution is 2.12. The van der Waals surface area contributed by atoms with E-state index in [1.54, 1.807) is 24.4 Å². The summed E-state index contributed by atoms with van der Waals surface area (Å²) in [5.41, 5.74) is 7.59. The molecule has 15 heavy (non-hydrogen) atoms. The van der Waals surface area contributed by atoms with Gasteiger partial charge in [0.1, 0.15) is 5.82 Å². The van der Waals surface area contributed by atoms with Crippen molar-refractivity contribution in [1.29, 1.82) is 0 Å². The predicted molar refractivity (Wildman–Crippen MR) is 57.9 cm³/mol. The Morgan fingerprint density at radius 2 is 1.93 bits per heavy atom. The van der Waals surface area contributed by atoms with Gasteiger partial charge in [-0.2, -0.15) is 0 Å². The lowest BCUT2D eigenvalue weighted by atomic mass is 10.1. The number of anilines is 1. The summed E-state index contributed by atoms with van der Waals surface area (Å²) in [4.78, 5) is 4.12.